The number of benzene rings is 1. The van der Waals surface area contributed by atoms with Crippen LogP contribution in [-0.4, -0.2) is 12.7 Å². The summed E-state index contributed by atoms with van der Waals surface area (Å²) in [5.41, 5.74) is 8.09. The van der Waals surface area contributed by atoms with Crippen LogP contribution in [0.25, 0.3) is 0 Å². The first-order valence-electron chi connectivity index (χ1n) is 4.93. The summed E-state index contributed by atoms with van der Waals surface area (Å²) in [6.07, 6.45) is 2.75. The van der Waals surface area contributed by atoms with Gasteiger partial charge in [0, 0.05) is 12.2 Å². The van der Waals surface area contributed by atoms with Crippen molar-refractivity contribution in [1.29, 1.82) is 0 Å². The maximum atomic E-state index is 13.3. The van der Waals surface area contributed by atoms with Crippen molar-refractivity contribution in [3.63, 3.8) is 0 Å². The van der Waals surface area contributed by atoms with Gasteiger partial charge in [-0.05, 0) is 53.1 Å². The number of nitrogens with two attached hydrogens (primary N) is 1. The summed E-state index contributed by atoms with van der Waals surface area (Å²) in [6.45, 7) is 2.82. The number of fused-ring (bicyclic) bond motifs is 1. The van der Waals surface area contributed by atoms with Crippen LogP contribution in [0.15, 0.2) is 12.1 Å². The van der Waals surface area contributed by atoms with E-state index in [0.29, 0.717) is 3.57 Å². The van der Waals surface area contributed by atoms with E-state index in [2.05, 4.69) is 4.90 Å². The third-order valence-corrected chi connectivity index (χ3v) is 3.58. The molecule has 2 rings (SSSR count). The van der Waals surface area contributed by atoms with Gasteiger partial charge in [0.05, 0.1) is 9.74 Å². The molecule has 1 heterocycles. The van der Waals surface area contributed by atoms with Crippen LogP contribution >= 0.6 is 22.6 Å². The molecule has 2 nitrogen and oxygen atoms in total. The topological polar surface area (TPSA) is 29.3 Å². The van der Waals surface area contributed by atoms with E-state index in [4.69, 9.17) is 5.73 Å². The summed E-state index contributed by atoms with van der Waals surface area (Å²) in [7, 11) is 0. The standard InChI is InChI=1S/C11H13FIN2/c1-2-11(14)15-4-3-7-5-8(12)9(13)6-10(7)15/h2,5-6,11H,3-4,14H2,1H3. The van der Waals surface area contributed by atoms with E-state index in [0.717, 1.165) is 24.2 Å². The smallest absolute Gasteiger partial charge is 0.136 e. The van der Waals surface area contributed by atoms with E-state index in [1.54, 1.807) is 6.07 Å². The van der Waals surface area contributed by atoms with Gasteiger partial charge in [-0.1, -0.05) is 6.92 Å². The van der Waals surface area contributed by atoms with Crippen LogP contribution < -0.4 is 10.6 Å². The Morgan fingerprint density at radius 1 is 1.60 bits per heavy atom. The molecule has 0 saturated carbocycles. The second-order valence-electron chi connectivity index (χ2n) is 3.66. The largest absolute Gasteiger partial charge is 0.355 e. The van der Waals surface area contributed by atoms with Gasteiger partial charge in [0.15, 0.2) is 0 Å². The van der Waals surface area contributed by atoms with Gasteiger partial charge >= 0.3 is 0 Å². The van der Waals surface area contributed by atoms with Crippen LogP contribution in [0.2, 0.25) is 0 Å². The number of anilines is 1. The lowest BCUT2D eigenvalue weighted by Gasteiger charge is -2.25. The molecule has 0 bridgehead atoms. The molecular weight excluding hydrogens is 306 g/mol. The number of nitrogens with zero attached hydrogens (tertiary/aromatic N) is 1. The fourth-order valence-electron chi connectivity index (χ4n) is 1.90. The van der Waals surface area contributed by atoms with E-state index >= 15 is 0 Å². The third-order valence-electron chi connectivity index (χ3n) is 2.75. The van der Waals surface area contributed by atoms with Crippen LogP contribution in [0.1, 0.15) is 12.5 Å². The van der Waals surface area contributed by atoms with Crippen LogP contribution in [0.4, 0.5) is 10.1 Å². The molecule has 0 spiro atoms. The second-order valence-corrected chi connectivity index (χ2v) is 4.82. The van der Waals surface area contributed by atoms with Crippen LogP contribution in [-0.2, 0) is 6.42 Å². The minimum atomic E-state index is -0.134. The zero-order valence-corrected chi connectivity index (χ0v) is 10.7. The molecule has 4 heteroatoms. The maximum Gasteiger partial charge on any atom is 0.136 e. The summed E-state index contributed by atoms with van der Waals surface area (Å²) in [4.78, 5) is 2.11. The molecule has 0 saturated heterocycles. The summed E-state index contributed by atoms with van der Waals surface area (Å²) in [6, 6.07) is 3.50. The Hall–Kier alpha value is -0.360. The molecule has 1 aliphatic heterocycles. The van der Waals surface area contributed by atoms with Gasteiger partial charge in [-0.2, -0.15) is 0 Å². The van der Waals surface area contributed by atoms with Crippen molar-refractivity contribution in [2.45, 2.75) is 19.5 Å². The van der Waals surface area contributed by atoms with Crippen molar-refractivity contribution in [1.82, 2.24) is 0 Å². The SMILES string of the molecule is C[CH]C(N)N1CCc2cc(F)c(I)cc21. The predicted molar refractivity (Wildman–Crippen MR) is 68.1 cm³/mol. The Kier molecular flexibility index (Phi) is 3.16. The van der Waals surface area contributed by atoms with Crippen molar-refractivity contribution in [2.75, 3.05) is 11.4 Å². The van der Waals surface area contributed by atoms with Gasteiger partial charge in [-0.15, -0.1) is 0 Å². The second kappa shape index (κ2) is 4.25. The lowest BCUT2D eigenvalue weighted by molar-refractivity contribution is 0.619. The van der Waals surface area contributed by atoms with E-state index in [9.17, 15) is 4.39 Å². The molecule has 1 aromatic carbocycles. The van der Waals surface area contributed by atoms with Crippen molar-refractivity contribution in [2.24, 2.45) is 5.73 Å². The summed E-state index contributed by atoms with van der Waals surface area (Å²) in [5.74, 6) is -0.134. The van der Waals surface area contributed by atoms with Gasteiger partial charge in [0.1, 0.15) is 5.82 Å². The third kappa shape index (κ3) is 1.97. The fourth-order valence-corrected chi connectivity index (χ4v) is 2.35. The molecule has 1 unspecified atom stereocenters. The average Bonchev–Trinajstić information content (AvgIpc) is 2.61. The summed E-state index contributed by atoms with van der Waals surface area (Å²) >= 11 is 2.01. The van der Waals surface area contributed by atoms with Gasteiger partial charge in [-0.3, -0.25) is 0 Å². The Labute approximate surface area is 103 Å². The highest BCUT2D eigenvalue weighted by Crippen LogP contribution is 2.32. The molecule has 1 aromatic rings. The van der Waals surface area contributed by atoms with E-state index in [1.807, 2.05) is 42.0 Å². The quantitative estimate of drug-likeness (QED) is 0.848. The Morgan fingerprint density at radius 2 is 2.33 bits per heavy atom. The highest BCUT2D eigenvalue weighted by Gasteiger charge is 2.24. The van der Waals surface area contributed by atoms with Crippen molar-refractivity contribution < 1.29 is 4.39 Å². The molecule has 0 aliphatic carbocycles. The average molecular weight is 319 g/mol. The zero-order valence-electron chi connectivity index (χ0n) is 8.50. The highest BCUT2D eigenvalue weighted by atomic mass is 127. The number of hydrogen-bond acceptors (Lipinski definition) is 2. The molecule has 1 atom stereocenters. The van der Waals surface area contributed by atoms with Crippen molar-refractivity contribution >= 4 is 28.3 Å². The number of hydrogen-bond donors (Lipinski definition) is 1. The molecule has 81 valence electrons. The number of rotatable bonds is 2. The molecular formula is C11H13FIN2. The van der Waals surface area contributed by atoms with Crippen molar-refractivity contribution in [3.8, 4) is 0 Å². The van der Waals surface area contributed by atoms with E-state index < -0.39 is 0 Å². The minimum Gasteiger partial charge on any atom is -0.355 e. The van der Waals surface area contributed by atoms with Crippen LogP contribution in [0.3, 0.4) is 0 Å². The van der Waals surface area contributed by atoms with E-state index in [-0.39, 0.29) is 12.0 Å². The normalized spacial score (nSPS) is 16.7. The highest BCUT2D eigenvalue weighted by molar-refractivity contribution is 14.1. The molecule has 1 radical (unpaired) electrons. The molecule has 1 aliphatic rings. The first kappa shape index (κ1) is 11.1. The van der Waals surface area contributed by atoms with Crippen LogP contribution in [0.5, 0.6) is 0 Å². The lowest BCUT2D eigenvalue weighted by Crippen LogP contribution is -2.40. The van der Waals surface area contributed by atoms with Gasteiger partial charge in [0.2, 0.25) is 0 Å². The van der Waals surface area contributed by atoms with Gasteiger partial charge < -0.3 is 10.6 Å². The molecule has 0 amide bonds. The first-order valence-corrected chi connectivity index (χ1v) is 6.01. The fraction of sp³-hybridized carbons (Fsp3) is 0.364. The minimum absolute atomic E-state index is 0.0764. The zero-order chi connectivity index (χ0) is 11.0. The first-order chi connectivity index (χ1) is 7.13. The van der Waals surface area contributed by atoms with E-state index in [1.165, 1.54) is 0 Å². The lowest BCUT2D eigenvalue weighted by atomic mass is 10.1. The Bertz CT molecular complexity index is 381. The predicted octanol–water partition coefficient (Wildman–Crippen LogP) is 2.30. The summed E-state index contributed by atoms with van der Waals surface area (Å²) in [5, 5.41) is 0. The monoisotopic (exact) mass is 319 g/mol. The van der Waals surface area contributed by atoms with Gasteiger partial charge in [0.25, 0.3) is 0 Å². The molecule has 0 aromatic heterocycles. The Balaban J connectivity index is 2.38. The molecule has 2 N–H and O–H groups in total. The van der Waals surface area contributed by atoms with Crippen molar-refractivity contribution in [3.05, 3.63) is 33.5 Å². The number of halogens is 2. The van der Waals surface area contributed by atoms with Crippen LogP contribution in [0, 0.1) is 15.8 Å². The Morgan fingerprint density at radius 3 is 3.00 bits per heavy atom. The maximum absolute atomic E-state index is 13.3. The molecule has 0 fully saturated rings. The molecule has 15 heavy (non-hydrogen) atoms. The van der Waals surface area contributed by atoms with Gasteiger partial charge in [-0.25, -0.2) is 4.39 Å². The summed E-state index contributed by atoms with van der Waals surface area (Å²) < 4.78 is 14.0.